The molecule has 2 nitrogen and oxygen atoms in total. The Balaban J connectivity index is 2.39. The summed E-state index contributed by atoms with van der Waals surface area (Å²) in [6, 6.07) is 17.1. The third-order valence-corrected chi connectivity index (χ3v) is 4.18. The number of ketones is 1. The number of carbonyl (C=O) groups is 1. The predicted octanol–water partition coefficient (Wildman–Crippen LogP) is 4.33. The van der Waals surface area contributed by atoms with Crippen LogP contribution in [0.3, 0.4) is 0 Å². The number of rotatable bonds is 5. The first-order chi connectivity index (χ1) is 9.61. The van der Waals surface area contributed by atoms with Crippen LogP contribution in [0.5, 0.6) is 0 Å². The molecule has 2 aromatic rings. The standard InChI is InChI=1S/C17H17BrO2/c1-17(20-2,15-10-8-13(12-18)9-11-15)16(19)14-6-4-3-5-7-14/h3-11H,12H2,1-2H3. The van der Waals surface area contributed by atoms with Crippen LogP contribution in [0.25, 0.3) is 0 Å². The van der Waals surface area contributed by atoms with Crippen LogP contribution >= 0.6 is 15.9 Å². The smallest absolute Gasteiger partial charge is 0.198 e. The van der Waals surface area contributed by atoms with Crippen LogP contribution in [0.15, 0.2) is 54.6 Å². The van der Waals surface area contributed by atoms with Crippen molar-refractivity contribution in [3.05, 3.63) is 71.3 Å². The Kier molecular flexibility index (Phi) is 4.73. The van der Waals surface area contributed by atoms with Crippen molar-refractivity contribution in [2.45, 2.75) is 17.9 Å². The normalized spacial score (nSPS) is 13.8. The van der Waals surface area contributed by atoms with E-state index in [4.69, 9.17) is 4.74 Å². The summed E-state index contributed by atoms with van der Waals surface area (Å²) >= 11 is 3.42. The van der Waals surface area contributed by atoms with Gasteiger partial charge in [0.25, 0.3) is 0 Å². The minimum Gasteiger partial charge on any atom is -0.366 e. The number of ether oxygens (including phenoxy) is 1. The zero-order valence-corrected chi connectivity index (χ0v) is 13.2. The number of hydrogen-bond donors (Lipinski definition) is 0. The lowest BCUT2D eigenvalue weighted by molar-refractivity contribution is 0.0101. The third-order valence-electron chi connectivity index (χ3n) is 3.54. The van der Waals surface area contributed by atoms with E-state index in [9.17, 15) is 4.79 Å². The summed E-state index contributed by atoms with van der Waals surface area (Å²) in [5.74, 6) is -0.0350. The Morgan fingerprint density at radius 2 is 1.70 bits per heavy atom. The quantitative estimate of drug-likeness (QED) is 0.601. The lowest BCUT2D eigenvalue weighted by Crippen LogP contribution is -2.34. The Hall–Kier alpha value is -1.45. The summed E-state index contributed by atoms with van der Waals surface area (Å²) in [7, 11) is 1.57. The maximum atomic E-state index is 12.7. The van der Waals surface area contributed by atoms with E-state index >= 15 is 0 Å². The van der Waals surface area contributed by atoms with Gasteiger partial charge in [0, 0.05) is 18.0 Å². The van der Waals surface area contributed by atoms with Gasteiger partial charge < -0.3 is 4.74 Å². The van der Waals surface area contributed by atoms with E-state index in [0.29, 0.717) is 5.56 Å². The fourth-order valence-corrected chi connectivity index (χ4v) is 2.49. The van der Waals surface area contributed by atoms with Gasteiger partial charge >= 0.3 is 0 Å². The highest BCUT2D eigenvalue weighted by molar-refractivity contribution is 9.08. The van der Waals surface area contributed by atoms with Crippen molar-refractivity contribution in [3.63, 3.8) is 0 Å². The van der Waals surface area contributed by atoms with E-state index in [1.165, 1.54) is 5.56 Å². The molecule has 0 saturated heterocycles. The first-order valence-corrected chi connectivity index (χ1v) is 7.54. The van der Waals surface area contributed by atoms with Gasteiger partial charge in [0.1, 0.15) is 0 Å². The number of halogens is 1. The number of carbonyl (C=O) groups excluding carboxylic acids is 1. The average molecular weight is 333 g/mol. The molecule has 3 heteroatoms. The fourth-order valence-electron chi connectivity index (χ4n) is 2.12. The predicted molar refractivity (Wildman–Crippen MR) is 84.2 cm³/mol. The van der Waals surface area contributed by atoms with Crippen molar-refractivity contribution < 1.29 is 9.53 Å². The first-order valence-electron chi connectivity index (χ1n) is 6.42. The van der Waals surface area contributed by atoms with Crippen LogP contribution in [0.2, 0.25) is 0 Å². The van der Waals surface area contributed by atoms with Gasteiger partial charge in [-0.05, 0) is 18.1 Å². The summed E-state index contributed by atoms with van der Waals surface area (Å²) < 4.78 is 5.55. The van der Waals surface area contributed by atoms with Crippen molar-refractivity contribution in [1.82, 2.24) is 0 Å². The van der Waals surface area contributed by atoms with E-state index < -0.39 is 5.60 Å². The number of hydrogen-bond acceptors (Lipinski definition) is 2. The number of methoxy groups -OCH3 is 1. The van der Waals surface area contributed by atoms with Gasteiger partial charge in [0.05, 0.1) is 0 Å². The second kappa shape index (κ2) is 6.33. The molecule has 0 saturated carbocycles. The van der Waals surface area contributed by atoms with Gasteiger partial charge in [-0.2, -0.15) is 0 Å². The second-order valence-corrected chi connectivity index (χ2v) is 5.32. The molecule has 0 aromatic heterocycles. The lowest BCUT2D eigenvalue weighted by atomic mass is 9.87. The Bertz CT molecular complexity index is 578. The number of alkyl halides is 1. The van der Waals surface area contributed by atoms with E-state index in [2.05, 4.69) is 15.9 Å². The molecule has 0 spiro atoms. The van der Waals surface area contributed by atoms with Crippen LogP contribution in [-0.2, 0) is 15.7 Å². The molecule has 0 bridgehead atoms. The van der Waals surface area contributed by atoms with E-state index in [0.717, 1.165) is 10.9 Å². The topological polar surface area (TPSA) is 26.3 Å². The molecular formula is C17H17BrO2. The van der Waals surface area contributed by atoms with Crippen LogP contribution in [0.4, 0.5) is 0 Å². The fraction of sp³-hybridized carbons (Fsp3) is 0.235. The molecular weight excluding hydrogens is 316 g/mol. The highest BCUT2D eigenvalue weighted by atomic mass is 79.9. The molecule has 2 aromatic carbocycles. The molecule has 20 heavy (non-hydrogen) atoms. The zero-order chi connectivity index (χ0) is 14.6. The highest BCUT2D eigenvalue weighted by Crippen LogP contribution is 2.29. The summed E-state index contributed by atoms with van der Waals surface area (Å²) in [6.45, 7) is 1.81. The molecule has 1 atom stereocenters. The van der Waals surface area contributed by atoms with Gasteiger partial charge in [0.2, 0.25) is 0 Å². The summed E-state index contributed by atoms with van der Waals surface area (Å²) in [4.78, 5) is 12.7. The number of Topliss-reactive ketones (excluding diaryl/α,β-unsaturated/α-hetero) is 1. The molecule has 104 valence electrons. The van der Waals surface area contributed by atoms with Crippen molar-refractivity contribution >= 4 is 21.7 Å². The average Bonchev–Trinajstić information content (AvgIpc) is 2.54. The molecule has 2 rings (SSSR count). The molecule has 0 amide bonds. The minimum absolute atomic E-state index is 0.0350. The maximum Gasteiger partial charge on any atom is 0.198 e. The van der Waals surface area contributed by atoms with E-state index in [1.807, 2.05) is 61.5 Å². The molecule has 0 fully saturated rings. The van der Waals surface area contributed by atoms with Gasteiger partial charge in [-0.15, -0.1) is 0 Å². The van der Waals surface area contributed by atoms with Crippen LogP contribution in [0.1, 0.15) is 28.4 Å². The lowest BCUT2D eigenvalue weighted by Gasteiger charge is -2.27. The van der Waals surface area contributed by atoms with Crippen molar-refractivity contribution in [3.8, 4) is 0 Å². The summed E-state index contributed by atoms with van der Waals surface area (Å²) in [5, 5.41) is 0.795. The Morgan fingerprint density at radius 3 is 2.20 bits per heavy atom. The van der Waals surface area contributed by atoms with Crippen LogP contribution in [0, 0.1) is 0 Å². The second-order valence-electron chi connectivity index (χ2n) is 4.76. The van der Waals surface area contributed by atoms with Gasteiger partial charge in [0.15, 0.2) is 11.4 Å². The monoisotopic (exact) mass is 332 g/mol. The largest absolute Gasteiger partial charge is 0.366 e. The summed E-state index contributed by atoms with van der Waals surface area (Å²) in [6.07, 6.45) is 0. The third kappa shape index (κ3) is 2.84. The molecule has 0 N–H and O–H groups in total. The van der Waals surface area contributed by atoms with E-state index in [1.54, 1.807) is 7.11 Å². The Labute approximate surface area is 127 Å². The minimum atomic E-state index is -0.966. The van der Waals surface area contributed by atoms with Gasteiger partial charge in [-0.1, -0.05) is 70.5 Å². The molecule has 1 unspecified atom stereocenters. The van der Waals surface area contributed by atoms with E-state index in [-0.39, 0.29) is 5.78 Å². The van der Waals surface area contributed by atoms with Crippen molar-refractivity contribution in [2.75, 3.05) is 7.11 Å². The van der Waals surface area contributed by atoms with Crippen LogP contribution in [-0.4, -0.2) is 12.9 Å². The summed E-state index contributed by atoms with van der Waals surface area (Å²) in [5.41, 5.74) is 1.71. The Morgan fingerprint density at radius 1 is 1.10 bits per heavy atom. The highest BCUT2D eigenvalue weighted by Gasteiger charge is 2.35. The van der Waals surface area contributed by atoms with Gasteiger partial charge in [-0.25, -0.2) is 0 Å². The van der Waals surface area contributed by atoms with Gasteiger partial charge in [-0.3, -0.25) is 4.79 Å². The molecule has 0 heterocycles. The van der Waals surface area contributed by atoms with Crippen molar-refractivity contribution in [1.29, 1.82) is 0 Å². The molecule has 0 aliphatic heterocycles. The SMILES string of the molecule is COC(C)(C(=O)c1ccccc1)c1ccc(CBr)cc1. The molecule has 0 aliphatic rings. The van der Waals surface area contributed by atoms with Crippen LogP contribution < -0.4 is 0 Å². The molecule has 0 radical (unpaired) electrons. The zero-order valence-electron chi connectivity index (χ0n) is 11.6. The molecule has 0 aliphatic carbocycles. The maximum absolute atomic E-state index is 12.7. The van der Waals surface area contributed by atoms with Crippen molar-refractivity contribution in [2.24, 2.45) is 0 Å². The first kappa shape index (κ1) is 14.9. The number of benzene rings is 2.